The average molecular weight is 281 g/mol. The Labute approximate surface area is 124 Å². The molecule has 1 N–H and O–H groups in total. The quantitative estimate of drug-likeness (QED) is 0.620. The SMILES string of the molecule is CCCC1CCC(C2CCC(O)(C#C[SH2+])CC2)CC1. The maximum absolute atomic E-state index is 10.3. The van der Waals surface area contributed by atoms with E-state index < -0.39 is 5.60 Å². The van der Waals surface area contributed by atoms with Gasteiger partial charge in [-0.25, -0.2) is 0 Å². The predicted octanol–water partition coefficient (Wildman–Crippen LogP) is 3.49. The molecule has 0 amide bonds. The van der Waals surface area contributed by atoms with Crippen molar-refractivity contribution in [3.63, 3.8) is 0 Å². The fourth-order valence-electron chi connectivity index (χ4n) is 4.19. The van der Waals surface area contributed by atoms with Crippen LogP contribution < -0.4 is 0 Å². The molecule has 0 atom stereocenters. The molecule has 108 valence electrons. The van der Waals surface area contributed by atoms with E-state index in [4.69, 9.17) is 0 Å². The second-order valence-corrected chi connectivity index (χ2v) is 6.94. The minimum absolute atomic E-state index is 0.711. The summed E-state index contributed by atoms with van der Waals surface area (Å²) >= 11 is 3.16. The van der Waals surface area contributed by atoms with E-state index in [9.17, 15) is 5.11 Å². The summed E-state index contributed by atoms with van der Waals surface area (Å²) in [5.41, 5.74) is -0.711. The third kappa shape index (κ3) is 4.17. The van der Waals surface area contributed by atoms with Gasteiger partial charge in [0, 0.05) is 12.6 Å². The lowest BCUT2D eigenvalue weighted by atomic mass is 9.68. The van der Waals surface area contributed by atoms with E-state index in [0.29, 0.717) is 0 Å². The van der Waals surface area contributed by atoms with Crippen molar-refractivity contribution < 1.29 is 5.11 Å². The summed E-state index contributed by atoms with van der Waals surface area (Å²) in [5, 5.41) is 13.0. The molecule has 1 nitrogen and oxygen atoms in total. The van der Waals surface area contributed by atoms with Gasteiger partial charge in [0.15, 0.2) is 0 Å². The largest absolute Gasteiger partial charge is 0.377 e. The maximum atomic E-state index is 10.3. The van der Waals surface area contributed by atoms with Crippen LogP contribution in [-0.4, -0.2) is 10.7 Å². The minimum Gasteiger partial charge on any atom is -0.377 e. The predicted molar refractivity (Wildman–Crippen MR) is 85.2 cm³/mol. The molecule has 0 aromatic carbocycles. The van der Waals surface area contributed by atoms with Crippen LogP contribution in [0.2, 0.25) is 0 Å². The number of hydrogen-bond acceptors (Lipinski definition) is 1. The fraction of sp³-hybridized carbons (Fsp3) is 0.882. The highest BCUT2D eigenvalue weighted by atomic mass is 32.1. The first-order chi connectivity index (χ1) is 9.17. The van der Waals surface area contributed by atoms with Gasteiger partial charge in [-0.2, -0.15) is 0 Å². The van der Waals surface area contributed by atoms with Crippen LogP contribution in [0.5, 0.6) is 0 Å². The molecule has 0 aromatic heterocycles. The fourth-order valence-corrected chi connectivity index (χ4v) is 4.42. The smallest absolute Gasteiger partial charge is 0.150 e. The molecule has 2 saturated carbocycles. The molecule has 0 spiro atoms. The summed E-state index contributed by atoms with van der Waals surface area (Å²) < 4.78 is 0. The molecule has 2 aliphatic carbocycles. The van der Waals surface area contributed by atoms with Crippen LogP contribution in [0.1, 0.15) is 71.1 Å². The molecule has 2 heteroatoms. The van der Waals surface area contributed by atoms with E-state index in [1.54, 1.807) is 0 Å². The molecule has 0 bridgehead atoms. The van der Waals surface area contributed by atoms with E-state index in [0.717, 1.165) is 30.6 Å². The van der Waals surface area contributed by atoms with Crippen molar-refractivity contribution in [2.75, 3.05) is 0 Å². The van der Waals surface area contributed by atoms with Crippen molar-refractivity contribution in [2.24, 2.45) is 17.8 Å². The van der Waals surface area contributed by atoms with Gasteiger partial charge in [-0.05, 0) is 62.2 Å². The molecule has 0 radical (unpaired) electrons. The topological polar surface area (TPSA) is 20.2 Å². The number of aliphatic hydroxyl groups is 1. The van der Waals surface area contributed by atoms with Crippen LogP contribution in [0.4, 0.5) is 0 Å². The molecular formula is C17H29OS+. The Hall–Kier alpha value is -0.130. The first-order valence-corrected chi connectivity index (χ1v) is 8.58. The first-order valence-electron chi connectivity index (χ1n) is 8.08. The summed E-state index contributed by atoms with van der Waals surface area (Å²) in [6.07, 6.45) is 12.6. The van der Waals surface area contributed by atoms with Gasteiger partial charge >= 0.3 is 0 Å². The lowest BCUT2D eigenvalue weighted by molar-refractivity contribution is 0.0256. The maximum Gasteiger partial charge on any atom is 0.150 e. The van der Waals surface area contributed by atoms with Gasteiger partial charge in [-0.1, -0.05) is 32.6 Å². The molecular weight excluding hydrogens is 252 g/mol. The zero-order valence-corrected chi connectivity index (χ0v) is 13.3. The molecule has 0 saturated heterocycles. The van der Waals surface area contributed by atoms with Crippen LogP contribution in [0.25, 0.3) is 0 Å². The zero-order chi connectivity index (χ0) is 13.7. The first kappa shape index (κ1) is 15.3. The van der Waals surface area contributed by atoms with Gasteiger partial charge in [0.2, 0.25) is 0 Å². The highest BCUT2D eigenvalue weighted by Gasteiger charge is 2.36. The Bertz CT molecular complexity index is 325. The van der Waals surface area contributed by atoms with Gasteiger partial charge in [0.25, 0.3) is 0 Å². The van der Waals surface area contributed by atoms with Crippen molar-refractivity contribution >= 4 is 12.6 Å². The summed E-state index contributed by atoms with van der Waals surface area (Å²) in [6.45, 7) is 2.30. The highest BCUT2D eigenvalue weighted by Crippen LogP contribution is 2.43. The Balaban J connectivity index is 1.78. The summed E-state index contributed by atoms with van der Waals surface area (Å²) in [4.78, 5) is 0. The van der Waals surface area contributed by atoms with Gasteiger partial charge in [-0.15, -0.1) is 0 Å². The lowest BCUT2D eigenvalue weighted by Crippen LogP contribution is -2.35. The number of rotatable bonds is 3. The van der Waals surface area contributed by atoms with Crippen LogP contribution in [0.15, 0.2) is 0 Å². The van der Waals surface area contributed by atoms with Crippen LogP contribution in [0.3, 0.4) is 0 Å². The molecule has 0 aromatic rings. The summed E-state index contributed by atoms with van der Waals surface area (Å²) in [5.74, 6) is 5.70. The standard InChI is InChI=1S/C17H28OS/c1-2-3-14-4-6-15(7-5-14)16-8-10-17(18,11-9-16)12-13-19/h14-16,18-19H,2-11H2,1H3/p+1. The molecule has 2 aliphatic rings. The second-order valence-electron chi connectivity index (χ2n) is 6.69. The summed E-state index contributed by atoms with van der Waals surface area (Å²) in [7, 11) is 0. The molecule has 0 heterocycles. The van der Waals surface area contributed by atoms with E-state index in [1.165, 1.54) is 51.4 Å². The molecule has 2 fully saturated rings. The Morgan fingerprint density at radius 3 is 2.16 bits per heavy atom. The highest BCUT2D eigenvalue weighted by molar-refractivity contribution is 7.64. The van der Waals surface area contributed by atoms with E-state index in [-0.39, 0.29) is 0 Å². The van der Waals surface area contributed by atoms with E-state index >= 15 is 0 Å². The van der Waals surface area contributed by atoms with Crippen molar-refractivity contribution in [1.29, 1.82) is 0 Å². The molecule has 0 unspecified atom stereocenters. The van der Waals surface area contributed by atoms with Crippen molar-refractivity contribution in [1.82, 2.24) is 0 Å². The normalized spacial score (nSPS) is 39.4. The van der Waals surface area contributed by atoms with Crippen LogP contribution in [-0.2, 0) is 12.6 Å². The average Bonchev–Trinajstić information content (AvgIpc) is 2.41. The van der Waals surface area contributed by atoms with E-state index in [1.807, 2.05) is 0 Å². The van der Waals surface area contributed by atoms with Crippen molar-refractivity contribution in [3.05, 3.63) is 0 Å². The van der Waals surface area contributed by atoms with Gasteiger partial charge in [0.05, 0.1) is 0 Å². The zero-order valence-electron chi connectivity index (χ0n) is 12.3. The van der Waals surface area contributed by atoms with Gasteiger partial charge < -0.3 is 5.11 Å². The molecule has 19 heavy (non-hydrogen) atoms. The van der Waals surface area contributed by atoms with Gasteiger partial charge in [-0.3, -0.25) is 0 Å². The third-order valence-electron chi connectivity index (χ3n) is 5.41. The monoisotopic (exact) mass is 281 g/mol. The Kier molecular flexibility index (Phi) is 5.66. The lowest BCUT2D eigenvalue weighted by Gasteiger charge is -2.39. The number of hydrogen-bond donors (Lipinski definition) is 1. The van der Waals surface area contributed by atoms with Gasteiger partial charge in [0.1, 0.15) is 10.9 Å². The van der Waals surface area contributed by atoms with Crippen LogP contribution >= 0.6 is 0 Å². The molecule has 0 aliphatic heterocycles. The Morgan fingerprint density at radius 1 is 1.05 bits per heavy atom. The van der Waals surface area contributed by atoms with Crippen molar-refractivity contribution in [3.8, 4) is 11.2 Å². The molecule has 2 rings (SSSR count). The van der Waals surface area contributed by atoms with Crippen molar-refractivity contribution in [2.45, 2.75) is 76.7 Å². The summed E-state index contributed by atoms with van der Waals surface area (Å²) in [6, 6.07) is 0. The Morgan fingerprint density at radius 2 is 1.63 bits per heavy atom. The van der Waals surface area contributed by atoms with E-state index in [2.05, 4.69) is 30.7 Å². The second kappa shape index (κ2) is 7.04. The third-order valence-corrected chi connectivity index (χ3v) is 5.53. The minimum atomic E-state index is -0.711. The van der Waals surface area contributed by atoms with Crippen LogP contribution in [0, 0.1) is 28.9 Å².